The van der Waals surface area contributed by atoms with Crippen molar-refractivity contribution in [1.82, 2.24) is 0 Å². The molecule has 0 rings (SSSR count). The molecule has 102 valence electrons. The van der Waals surface area contributed by atoms with Crippen molar-refractivity contribution in [3.63, 3.8) is 0 Å². The molecule has 0 aliphatic heterocycles. The van der Waals surface area contributed by atoms with Crippen LogP contribution in [-0.4, -0.2) is 48.7 Å². The zero-order valence-corrected chi connectivity index (χ0v) is 11.4. The lowest BCUT2D eigenvalue weighted by Crippen LogP contribution is -2.29. The van der Waals surface area contributed by atoms with E-state index in [1.165, 1.54) is 0 Å². The van der Waals surface area contributed by atoms with Gasteiger partial charge in [-0.3, -0.25) is 0 Å². The van der Waals surface area contributed by atoms with Gasteiger partial charge in [0.1, 0.15) is 6.61 Å². The van der Waals surface area contributed by atoms with Crippen LogP contribution in [0.25, 0.3) is 0 Å². The quantitative estimate of drug-likeness (QED) is 0.708. The van der Waals surface area contributed by atoms with Gasteiger partial charge < -0.3 is 19.3 Å². The number of carbonyl (C=O) groups is 1. The number of hydrogen-bond acceptors (Lipinski definition) is 4. The van der Waals surface area contributed by atoms with E-state index in [1.807, 2.05) is 27.7 Å². The van der Waals surface area contributed by atoms with E-state index in [1.54, 1.807) is 6.92 Å². The molecule has 0 fully saturated rings. The summed E-state index contributed by atoms with van der Waals surface area (Å²) in [5, 5.41) is 8.43. The Labute approximate surface area is 103 Å². The largest absolute Gasteiger partial charge is 0.480 e. The molecule has 0 aromatic heterocycles. The molecule has 1 N–H and O–H groups in total. The van der Waals surface area contributed by atoms with E-state index in [0.29, 0.717) is 13.2 Å². The summed E-state index contributed by atoms with van der Waals surface area (Å²) in [7, 11) is 0. The van der Waals surface area contributed by atoms with Crippen LogP contribution < -0.4 is 0 Å². The Morgan fingerprint density at radius 3 is 2.12 bits per heavy atom. The predicted octanol–water partition coefficient (Wildman–Crippen LogP) is 1.70. The Hall–Kier alpha value is -0.650. The number of ether oxygens (including phenoxy) is 3. The van der Waals surface area contributed by atoms with Gasteiger partial charge in [0.25, 0.3) is 0 Å². The van der Waals surface area contributed by atoms with Gasteiger partial charge in [-0.15, -0.1) is 0 Å². The summed E-state index contributed by atoms with van der Waals surface area (Å²) < 4.78 is 16.1. The minimum Gasteiger partial charge on any atom is -0.480 e. The van der Waals surface area contributed by atoms with Crippen molar-refractivity contribution in [2.45, 2.75) is 52.4 Å². The first-order chi connectivity index (χ1) is 7.70. The van der Waals surface area contributed by atoms with Crippen LogP contribution in [0.15, 0.2) is 0 Å². The van der Waals surface area contributed by atoms with Gasteiger partial charge in [0.15, 0.2) is 0 Å². The molecule has 0 aliphatic rings. The van der Waals surface area contributed by atoms with E-state index in [-0.39, 0.29) is 24.4 Å². The molecule has 2 unspecified atom stereocenters. The van der Waals surface area contributed by atoms with Gasteiger partial charge in [0.2, 0.25) is 0 Å². The molecule has 0 bridgehead atoms. The first-order valence-electron chi connectivity index (χ1n) is 5.79. The maximum atomic E-state index is 10.3. The molecule has 0 heterocycles. The van der Waals surface area contributed by atoms with Crippen molar-refractivity contribution >= 4 is 5.97 Å². The normalized spacial score (nSPS) is 15.6. The van der Waals surface area contributed by atoms with Crippen LogP contribution >= 0.6 is 0 Å². The smallest absolute Gasteiger partial charge is 0.329 e. The zero-order valence-electron chi connectivity index (χ0n) is 11.4. The molecular formula is C12H24O5. The Morgan fingerprint density at radius 2 is 1.65 bits per heavy atom. The molecule has 5 nitrogen and oxygen atoms in total. The highest BCUT2D eigenvalue weighted by Crippen LogP contribution is 2.08. The molecule has 0 saturated heterocycles. The Bertz CT molecular complexity index is 221. The third kappa shape index (κ3) is 11.6. The van der Waals surface area contributed by atoms with Crippen molar-refractivity contribution in [3.05, 3.63) is 0 Å². The van der Waals surface area contributed by atoms with Gasteiger partial charge in [0.05, 0.1) is 31.0 Å². The summed E-state index contributed by atoms with van der Waals surface area (Å²) in [6, 6.07) is 0. The number of carboxylic acid groups (broad SMARTS) is 1. The van der Waals surface area contributed by atoms with E-state index >= 15 is 0 Å². The second-order valence-corrected chi connectivity index (χ2v) is 5.08. The van der Waals surface area contributed by atoms with Gasteiger partial charge in [-0.05, 0) is 34.6 Å². The minimum absolute atomic E-state index is 0.0369. The SMILES string of the molecule is CC(COC(C)COC(C)(C)C)OCC(=O)O. The standard InChI is InChI=1S/C12H24O5/c1-9(16-8-11(13)14)6-15-10(2)7-17-12(3,4)5/h9-10H,6-8H2,1-5H3,(H,13,14). The molecule has 0 radical (unpaired) electrons. The summed E-state index contributed by atoms with van der Waals surface area (Å²) >= 11 is 0. The fourth-order valence-corrected chi connectivity index (χ4v) is 0.977. The first-order valence-corrected chi connectivity index (χ1v) is 5.79. The van der Waals surface area contributed by atoms with Gasteiger partial charge in [-0.25, -0.2) is 4.79 Å². The highest BCUT2D eigenvalue weighted by molar-refractivity contribution is 5.68. The van der Waals surface area contributed by atoms with E-state index < -0.39 is 5.97 Å². The lowest BCUT2D eigenvalue weighted by molar-refractivity contribution is -0.146. The summed E-state index contributed by atoms with van der Waals surface area (Å²) in [4.78, 5) is 10.3. The lowest BCUT2D eigenvalue weighted by Gasteiger charge is -2.23. The molecule has 0 aromatic rings. The molecule has 17 heavy (non-hydrogen) atoms. The lowest BCUT2D eigenvalue weighted by atomic mass is 10.2. The molecule has 0 aromatic carbocycles. The highest BCUT2D eigenvalue weighted by Gasteiger charge is 2.14. The third-order valence-corrected chi connectivity index (χ3v) is 1.86. The third-order valence-electron chi connectivity index (χ3n) is 1.86. The van der Waals surface area contributed by atoms with E-state index in [4.69, 9.17) is 19.3 Å². The number of carboxylic acids is 1. The fourth-order valence-electron chi connectivity index (χ4n) is 0.977. The topological polar surface area (TPSA) is 65.0 Å². The number of hydrogen-bond donors (Lipinski definition) is 1. The maximum absolute atomic E-state index is 10.3. The number of rotatable bonds is 8. The molecule has 0 amide bonds. The van der Waals surface area contributed by atoms with Gasteiger partial charge >= 0.3 is 5.97 Å². The second kappa shape index (κ2) is 7.63. The predicted molar refractivity (Wildman–Crippen MR) is 64.2 cm³/mol. The van der Waals surface area contributed by atoms with Crippen LogP contribution in [0.5, 0.6) is 0 Å². The van der Waals surface area contributed by atoms with E-state index in [9.17, 15) is 4.79 Å². The molecule has 0 saturated carbocycles. The minimum atomic E-state index is -0.971. The fraction of sp³-hybridized carbons (Fsp3) is 0.917. The van der Waals surface area contributed by atoms with Crippen molar-refractivity contribution in [2.75, 3.05) is 19.8 Å². The molecular weight excluding hydrogens is 224 g/mol. The Balaban J connectivity index is 3.62. The van der Waals surface area contributed by atoms with Gasteiger partial charge in [-0.2, -0.15) is 0 Å². The Kier molecular flexibility index (Phi) is 7.34. The average Bonchev–Trinajstić information content (AvgIpc) is 2.19. The van der Waals surface area contributed by atoms with Crippen LogP contribution in [0.2, 0.25) is 0 Å². The maximum Gasteiger partial charge on any atom is 0.329 e. The first kappa shape index (κ1) is 16.4. The molecule has 0 spiro atoms. The van der Waals surface area contributed by atoms with Crippen LogP contribution in [0.4, 0.5) is 0 Å². The summed E-state index contributed by atoms with van der Waals surface area (Å²) in [6.07, 6.45) is -0.270. The highest BCUT2D eigenvalue weighted by atomic mass is 16.6. The van der Waals surface area contributed by atoms with Crippen LogP contribution in [-0.2, 0) is 19.0 Å². The number of aliphatic carboxylic acids is 1. The second-order valence-electron chi connectivity index (χ2n) is 5.08. The van der Waals surface area contributed by atoms with E-state index in [2.05, 4.69) is 0 Å². The van der Waals surface area contributed by atoms with Crippen LogP contribution in [0, 0.1) is 0 Å². The summed E-state index contributed by atoms with van der Waals surface area (Å²) in [6.45, 7) is 10.2. The average molecular weight is 248 g/mol. The van der Waals surface area contributed by atoms with Gasteiger partial charge in [-0.1, -0.05) is 0 Å². The summed E-state index contributed by atoms with van der Waals surface area (Å²) in [5.41, 5.74) is -0.178. The summed E-state index contributed by atoms with van der Waals surface area (Å²) in [5.74, 6) is -0.971. The monoisotopic (exact) mass is 248 g/mol. The van der Waals surface area contributed by atoms with Crippen molar-refractivity contribution in [1.29, 1.82) is 0 Å². The molecule has 2 atom stereocenters. The molecule has 5 heteroatoms. The van der Waals surface area contributed by atoms with E-state index in [0.717, 1.165) is 0 Å². The van der Waals surface area contributed by atoms with Crippen molar-refractivity contribution in [3.8, 4) is 0 Å². The van der Waals surface area contributed by atoms with Crippen LogP contribution in [0.3, 0.4) is 0 Å². The van der Waals surface area contributed by atoms with Crippen molar-refractivity contribution < 1.29 is 24.1 Å². The zero-order chi connectivity index (χ0) is 13.5. The van der Waals surface area contributed by atoms with Gasteiger partial charge in [0, 0.05) is 0 Å². The molecule has 0 aliphatic carbocycles. The van der Waals surface area contributed by atoms with Crippen LogP contribution in [0.1, 0.15) is 34.6 Å². The Morgan fingerprint density at radius 1 is 1.12 bits per heavy atom. The van der Waals surface area contributed by atoms with Crippen molar-refractivity contribution in [2.24, 2.45) is 0 Å².